The topological polar surface area (TPSA) is 42.0 Å². The zero-order valence-corrected chi connectivity index (χ0v) is 13.2. The molecule has 0 unspecified atom stereocenters. The molecule has 0 atom stereocenters. The molecule has 1 amide bonds. The van der Waals surface area contributed by atoms with E-state index in [2.05, 4.69) is 32.3 Å². The molecule has 0 spiro atoms. The number of amides is 1. The van der Waals surface area contributed by atoms with Crippen LogP contribution in [0.4, 0.5) is 5.13 Å². The molecule has 3 aromatic rings. The zero-order valence-electron chi connectivity index (χ0n) is 9.94. The zero-order chi connectivity index (χ0) is 13.4. The van der Waals surface area contributed by atoms with Gasteiger partial charge in [0, 0.05) is 0 Å². The van der Waals surface area contributed by atoms with Crippen LogP contribution in [0.15, 0.2) is 34.1 Å². The molecule has 2 heterocycles. The van der Waals surface area contributed by atoms with E-state index < -0.39 is 0 Å². The number of nitrogens with one attached hydrogen (secondary N) is 1. The van der Waals surface area contributed by atoms with E-state index in [1.165, 1.54) is 28.2 Å². The maximum atomic E-state index is 12.0. The summed E-state index contributed by atoms with van der Waals surface area (Å²) in [7, 11) is 0. The minimum absolute atomic E-state index is 0.119. The number of hydrogen-bond acceptors (Lipinski definition) is 4. The minimum Gasteiger partial charge on any atom is -0.297 e. The molecule has 3 nitrogen and oxygen atoms in total. The molecular formula is C13H9BrN2OS2. The van der Waals surface area contributed by atoms with Crippen molar-refractivity contribution in [1.82, 2.24) is 4.98 Å². The Morgan fingerprint density at radius 1 is 1.26 bits per heavy atom. The van der Waals surface area contributed by atoms with Crippen LogP contribution >= 0.6 is 38.6 Å². The summed E-state index contributed by atoms with van der Waals surface area (Å²) >= 11 is 6.24. The second kappa shape index (κ2) is 5.03. The van der Waals surface area contributed by atoms with Gasteiger partial charge < -0.3 is 0 Å². The van der Waals surface area contributed by atoms with E-state index in [0.717, 1.165) is 14.0 Å². The van der Waals surface area contributed by atoms with Gasteiger partial charge in [-0.3, -0.25) is 10.1 Å². The second-order valence-corrected chi connectivity index (χ2v) is 7.54. The molecule has 0 radical (unpaired) electrons. The van der Waals surface area contributed by atoms with Crippen molar-refractivity contribution < 1.29 is 4.79 Å². The number of anilines is 1. The monoisotopic (exact) mass is 352 g/mol. The molecule has 0 aliphatic rings. The molecule has 96 valence electrons. The van der Waals surface area contributed by atoms with E-state index in [1.54, 1.807) is 6.07 Å². The lowest BCUT2D eigenvalue weighted by Crippen LogP contribution is -2.09. The van der Waals surface area contributed by atoms with Gasteiger partial charge in [0.15, 0.2) is 5.13 Å². The first-order valence-electron chi connectivity index (χ1n) is 5.56. The standard InChI is InChI=1S/C13H9BrN2OS2/c1-7-2-3-8-10(6-7)19-13(15-8)16-12(17)9-4-5-11(14)18-9/h2-6H,1H3,(H,15,16,17). The number of thiophene rings is 1. The molecule has 0 fully saturated rings. The fourth-order valence-corrected chi connectivity index (χ4v) is 3.92. The van der Waals surface area contributed by atoms with Crippen LogP contribution in [0.2, 0.25) is 0 Å². The Morgan fingerprint density at radius 3 is 2.84 bits per heavy atom. The molecule has 0 bridgehead atoms. The summed E-state index contributed by atoms with van der Waals surface area (Å²) in [4.78, 5) is 17.1. The lowest BCUT2D eigenvalue weighted by Gasteiger charge is -1.96. The van der Waals surface area contributed by atoms with Gasteiger partial charge in [-0.05, 0) is 52.7 Å². The van der Waals surface area contributed by atoms with Crippen molar-refractivity contribution in [3.8, 4) is 0 Å². The Morgan fingerprint density at radius 2 is 2.11 bits per heavy atom. The quantitative estimate of drug-likeness (QED) is 0.727. The molecule has 0 aliphatic heterocycles. The summed E-state index contributed by atoms with van der Waals surface area (Å²) < 4.78 is 2.03. The van der Waals surface area contributed by atoms with Crippen molar-refractivity contribution >= 4 is 59.9 Å². The van der Waals surface area contributed by atoms with Crippen molar-refractivity contribution in [2.24, 2.45) is 0 Å². The third kappa shape index (κ3) is 2.70. The van der Waals surface area contributed by atoms with Gasteiger partial charge in [-0.15, -0.1) is 11.3 Å². The first-order chi connectivity index (χ1) is 9.11. The molecule has 19 heavy (non-hydrogen) atoms. The number of halogens is 1. The number of aromatic nitrogens is 1. The van der Waals surface area contributed by atoms with Gasteiger partial charge in [0.05, 0.1) is 18.9 Å². The predicted octanol–water partition coefficient (Wildman–Crippen LogP) is 4.68. The van der Waals surface area contributed by atoms with Gasteiger partial charge in [0.2, 0.25) is 0 Å². The highest BCUT2D eigenvalue weighted by Gasteiger charge is 2.11. The van der Waals surface area contributed by atoms with Crippen LogP contribution in [-0.2, 0) is 0 Å². The molecule has 0 saturated carbocycles. The Bertz CT molecular complexity index is 763. The third-order valence-electron chi connectivity index (χ3n) is 2.56. The number of benzene rings is 1. The lowest BCUT2D eigenvalue weighted by molar-refractivity contribution is 0.103. The van der Waals surface area contributed by atoms with Crippen LogP contribution in [0.3, 0.4) is 0 Å². The van der Waals surface area contributed by atoms with Crippen LogP contribution in [0.1, 0.15) is 15.2 Å². The summed E-state index contributed by atoms with van der Waals surface area (Å²) in [6.07, 6.45) is 0. The number of thiazole rings is 1. The highest BCUT2D eigenvalue weighted by atomic mass is 79.9. The summed E-state index contributed by atoms with van der Waals surface area (Å²) in [6.45, 7) is 2.04. The Balaban J connectivity index is 1.87. The van der Waals surface area contributed by atoms with E-state index in [4.69, 9.17) is 0 Å². The number of carbonyl (C=O) groups is 1. The van der Waals surface area contributed by atoms with Gasteiger partial charge in [-0.25, -0.2) is 4.98 Å². The third-order valence-corrected chi connectivity index (χ3v) is 5.12. The first kappa shape index (κ1) is 12.8. The Hall–Kier alpha value is -1.24. The number of carbonyl (C=O) groups excluding carboxylic acids is 1. The maximum absolute atomic E-state index is 12.0. The number of fused-ring (bicyclic) bond motifs is 1. The molecule has 0 saturated heterocycles. The van der Waals surface area contributed by atoms with Crippen LogP contribution in [0.5, 0.6) is 0 Å². The molecule has 0 aliphatic carbocycles. The normalized spacial score (nSPS) is 10.8. The fraction of sp³-hybridized carbons (Fsp3) is 0.0769. The van der Waals surface area contributed by atoms with Crippen LogP contribution in [-0.4, -0.2) is 10.9 Å². The van der Waals surface area contributed by atoms with Crippen LogP contribution < -0.4 is 5.32 Å². The predicted molar refractivity (Wildman–Crippen MR) is 84.3 cm³/mol. The maximum Gasteiger partial charge on any atom is 0.267 e. The van der Waals surface area contributed by atoms with E-state index >= 15 is 0 Å². The average Bonchev–Trinajstić information content (AvgIpc) is 2.94. The van der Waals surface area contributed by atoms with Crippen LogP contribution in [0.25, 0.3) is 10.2 Å². The number of aryl methyl sites for hydroxylation is 1. The largest absolute Gasteiger partial charge is 0.297 e. The molecule has 2 aromatic heterocycles. The van der Waals surface area contributed by atoms with Crippen molar-refractivity contribution in [3.63, 3.8) is 0 Å². The van der Waals surface area contributed by atoms with Crippen molar-refractivity contribution in [3.05, 3.63) is 44.6 Å². The van der Waals surface area contributed by atoms with E-state index in [1.807, 2.05) is 25.1 Å². The molecular weight excluding hydrogens is 344 g/mol. The van der Waals surface area contributed by atoms with Crippen molar-refractivity contribution in [2.75, 3.05) is 5.32 Å². The summed E-state index contributed by atoms with van der Waals surface area (Å²) in [6, 6.07) is 9.72. The smallest absolute Gasteiger partial charge is 0.267 e. The van der Waals surface area contributed by atoms with Crippen molar-refractivity contribution in [2.45, 2.75) is 6.92 Å². The SMILES string of the molecule is Cc1ccc2nc(NC(=O)c3ccc(Br)s3)sc2c1. The van der Waals surface area contributed by atoms with Gasteiger partial charge in [0.25, 0.3) is 5.91 Å². The highest BCUT2D eigenvalue weighted by Crippen LogP contribution is 2.28. The number of hydrogen-bond donors (Lipinski definition) is 1. The lowest BCUT2D eigenvalue weighted by atomic mass is 10.2. The van der Waals surface area contributed by atoms with Gasteiger partial charge >= 0.3 is 0 Å². The highest BCUT2D eigenvalue weighted by molar-refractivity contribution is 9.11. The first-order valence-corrected chi connectivity index (χ1v) is 7.98. The molecule has 6 heteroatoms. The second-order valence-electron chi connectivity index (χ2n) is 4.05. The number of rotatable bonds is 2. The Kier molecular flexibility index (Phi) is 3.38. The van der Waals surface area contributed by atoms with E-state index in [-0.39, 0.29) is 5.91 Å². The van der Waals surface area contributed by atoms with Gasteiger partial charge in [-0.2, -0.15) is 0 Å². The molecule has 1 aromatic carbocycles. The van der Waals surface area contributed by atoms with E-state index in [0.29, 0.717) is 10.0 Å². The average molecular weight is 353 g/mol. The van der Waals surface area contributed by atoms with Crippen molar-refractivity contribution in [1.29, 1.82) is 0 Å². The Labute approximate surface area is 126 Å². The molecule has 3 rings (SSSR count). The van der Waals surface area contributed by atoms with Gasteiger partial charge in [-0.1, -0.05) is 17.4 Å². The van der Waals surface area contributed by atoms with Crippen LogP contribution in [0, 0.1) is 6.92 Å². The fourth-order valence-electron chi connectivity index (χ4n) is 1.68. The summed E-state index contributed by atoms with van der Waals surface area (Å²) in [5.41, 5.74) is 2.11. The van der Waals surface area contributed by atoms with Gasteiger partial charge in [0.1, 0.15) is 0 Å². The number of nitrogens with zero attached hydrogens (tertiary/aromatic N) is 1. The molecule has 1 N–H and O–H groups in total. The summed E-state index contributed by atoms with van der Waals surface area (Å²) in [5, 5.41) is 3.47. The van der Waals surface area contributed by atoms with E-state index in [9.17, 15) is 4.79 Å². The minimum atomic E-state index is -0.119. The summed E-state index contributed by atoms with van der Waals surface area (Å²) in [5.74, 6) is -0.119.